The highest BCUT2D eigenvalue weighted by molar-refractivity contribution is 5.87. The molecular weight excluding hydrogens is 340 g/mol. The van der Waals surface area contributed by atoms with E-state index in [1.165, 1.54) is 18.9 Å². The van der Waals surface area contributed by atoms with Gasteiger partial charge in [0.25, 0.3) is 0 Å². The monoisotopic (exact) mass is 376 g/mol. The van der Waals surface area contributed by atoms with Gasteiger partial charge in [-0.15, -0.1) is 0 Å². The minimum Gasteiger partial charge on any atom is -0.456 e. The Morgan fingerprint density at radius 2 is 1.67 bits per heavy atom. The zero-order valence-corrected chi connectivity index (χ0v) is 17.2. The molecule has 152 valence electrons. The normalized spacial score (nSPS) is 28.3. The topological polar surface area (TPSA) is 52.6 Å². The van der Waals surface area contributed by atoms with E-state index in [4.69, 9.17) is 9.47 Å². The fraction of sp³-hybridized carbons (Fsp3) is 0.739. The summed E-state index contributed by atoms with van der Waals surface area (Å²) in [5.74, 6) is -0.105. The molecule has 27 heavy (non-hydrogen) atoms. The second kappa shape index (κ2) is 9.57. The van der Waals surface area contributed by atoms with E-state index in [9.17, 15) is 9.59 Å². The molecule has 2 rings (SSSR count). The maximum atomic E-state index is 12.3. The Morgan fingerprint density at radius 1 is 1.00 bits per heavy atom. The van der Waals surface area contributed by atoms with E-state index in [-0.39, 0.29) is 17.5 Å². The van der Waals surface area contributed by atoms with Crippen LogP contribution in [0.1, 0.15) is 90.9 Å². The Kier molecular flexibility index (Phi) is 7.69. The van der Waals surface area contributed by atoms with Crippen LogP contribution in [0.15, 0.2) is 24.8 Å². The smallest absolute Gasteiger partial charge is 0.333 e. The molecule has 2 saturated carbocycles. The minimum absolute atomic E-state index is 0.254. The van der Waals surface area contributed by atoms with Gasteiger partial charge in [-0.25, -0.2) is 9.59 Å². The van der Waals surface area contributed by atoms with Crippen molar-refractivity contribution in [3.05, 3.63) is 24.8 Å². The number of esters is 2. The van der Waals surface area contributed by atoms with Gasteiger partial charge in [0.15, 0.2) is 0 Å². The molecule has 0 amide bonds. The molecule has 0 aromatic heterocycles. The van der Waals surface area contributed by atoms with Crippen LogP contribution in [0, 0.1) is 5.92 Å². The molecule has 2 fully saturated rings. The number of rotatable bonds is 6. The number of carbonyl (C=O) groups excluding carboxylic acids is 2. The molecule has 0 heterocycles. The first-order valence-corrected chi connectivity index (χ1v) is 10.5. The lowest BCUT2D eigenvalue weighted by molar-refractivity contribution is -0.159. The summed E-state index contributed by atoms with van der Waals surface area (Å²) >= 11 is 0. The Hall–Kier alpha value is -1.58. The fourth-order valence-electron chi connectivity index (χ4n) is 4.66. The lowest BCUT2D eigenvalue weighted by Crippen LogP contribution is -2.37. The molecule has 0 aromatic carbocycles. The van der Waals surface area contributed by atoms with E-state index < -0.39 is 5.60 Å². The molecule has 0 aromatic rings. The van der Waals surface area contributed by atoms with Crippen LogP contribution >= 0.6 is 0 Å². The van der Waals surface area contributed by atoms with Gasteiger partial charge in [-0.1, -0.05) is 32.4 Å². The van der Waals surface area contributed by atoms with E-state index >= 15 is 0 Å². The molecule has 0 spiro atoms. The summed E-state index contributed by atoms with van der Waals surface area (Å²) in [5.41, 5.74) is -0.288. The third kappa shape index (κ3) is 6.51. The molecule has 2 aliphatic carbocycles. The van der Waals surface area contributed by atoms with Crippen molar-refractivity contribution >= 4 is 11.9 Å². The number of hydrogen-bond acceptors (Lipinski definition) is 4. The summed E-state index contributed by atoms with van der Waals surface area (Å²) in [4.78, 5) is 24.0. The maximum Gasteiger partial charge on any atom is 0.333 e. The fourth-order valence-corrected chi connectivity index (χ4v) is 4.66. The van der Waals surface area contributed by atoms with Crippen molar-refractivity contribution in [2.45, 2.75) is 102 Å². The molecular formula is C23H36O4. The molecule has 2 atom stereocenters. The van der Waals surface area contributed by atoms with Crippen molar-refractivity contribution in [1.29, 1.82) is 0 Å². The van der Waals surface area contributed by atoms with Crippen molar-refractivity contribution in [2.75, 3.05) is 0 Å². The van der Waals surface area contributed by atoms with Crippen molar-refractivity contribution in [3.8, 4) is 0 Å². The first kappa shape index (κ1) is 21.7. The van der Waals surface area contributed by atoms with Gasteiger partial charge in [0.1, 0.15) is 11.2 Å². The van der Waals surface area contributed by atoms with Gasteiger partial charge in [-0.3, -0.25) is 0 Å². The van der Waals surface area contributed by atoms with Gasteiger partial charge in [0.05, 0.1) is 0 Å². The van der Waals surface area contributed by atoms with Gasteiger partial charge < -0.3 is 9.47 Å². The Bertz CT molecular complexity index is 557. The SMILES string of the molecule is C=CC(=O)OC1(C)CCCC(CC2(OC(=O)C(=C)C)CCCCCC2)CC1. The van der Waals surface area contributed by atoms with Crippen LogP contribution in [0.5, 0.6) is 0 Å². The average Bonchev–Trinajstić information content (AvgIpc) is 2.94. The van der Waals surface area contributed by atoms with Gasteiger partial charge in [-0.05, 0) is 77.6 Å². The second-order valence-electron chi connectivity index (χ2n) is 8.84. The van der Waals surface area contributed by atoms with Crippen LogP contribution in [0.25, 0.3) is 0 Å². The molecule has 2 unspecified atom stereocenters. The predicted octanol–water partition coefficient (Wildman–Crippen LogP) is 5.66. The largest absolute Gasteiger partial charge is 0.456 e. The van der Waals surface area contributed by atoms with Gasteiger partial charge in [0, 0.05) is 11.6 Å². The average molecular weight is 377 g/mol. The van der Waals surface area contributed by atoms with E-state index in [0.29, 0.717) is 11.5 Å². The molecule has 0 aliphatic heterocycles. The van der Waals surface area contributed by atoms with E-state index in [0.717, 1.165) is 64.2 Å². The maximum absolute atomic E-state index is 12.3. The lowest BCUT2D eigenvalue weighted by Gasteiger charge is -2.36. The Labute approximate surface area is 164 Å². The molecule has 0 bridgehead atoms. The summed E-state index contributed by atoms with van der Waals surface area (Å²) in [6.45, 7) is 11.0. The van der Waals surface area contributed by atoms with Gasteiger partial charge in [-0.2, -0.15) is 0 Å². The van der Waals surface area contributed by atoms with Crippen LogP contribution < -0.4 is 0 Å². The van der Waals surface area contributed by atoms with Crippen molar-refractivity contribution in [1.82, 2.24) is 0 Å². The van der Waals surface area contributed by atoms with E-state index in [1.807, 2.05) is 6.92 Å². The summed E-state index contributed by atoms with van der Waals surface area (Å²) in [7, 11) is 0. The molecule has 0 radical (unpaired) electrons. The minimum atomic E-state index is -0.412. The first-order chi connectivity index (χ1) is 12.8. The summed E-state index contributed by atoms with van der Waals surface area (Å²) in [6, 6.07) is 0. The molecule has 2 aliphatic rings. The number of carbonyl (C=O) groups is 2. The zero-order chi connectivity index (χ0) is 19.9. The highest BCUT2D eigenvalue weighted by Gasteiger charge is 2.39. The van der Waals surface area contributed by atoms with E-state index in [2.05, 4.69) is 13.2 Å². The summed E-state index contributed by atoms with van der Waals surface area (Å²) in [5, 5.41) is 0. The lowest BCUT2D eigenvalue weighted by atomic mass is 9.81. The molecule has 0 N–H and O–H groups in total. The first-order valence-electron chi connectivity index (χ1n) is 10.5. The summed E-state index contributed by atoms with van der Waals surface area (Å²) < 4.78 is 11.7. The van der Waals surface area contributed by atoms with Crippen LogP contribution in [-0.4, -0.2) is 23.1 Å². The van der Waals surface area contributed by atoms with E-state index in [1.54, 1.807) is 6.92 Å². The molecule has 0 saturated heterocycles. The van der Waals surface area contributed by atoms with Crippen LogP contribution in [-0.2, 0) is 19.1 Å². The third-order valence-electron chi connectivity index (χ3n) is 6.25. The number of hydrogen-bond donors (Lipinski definition) is 0. The van der Waals surface area contributed by atoms with Crippen LogP contribution in [0.4, 0.5) is 0 Å². The zero-order valence-electron chi connectivity index (χ0n) is 17.2. The summed E-state index contributed by atoms with van der Waals surface area (Å²) in [6.07, 6.45) is 13.6. The standard InChI is InChI=1S/C23H36O4/c1-5-20(24)26-22(4)13-10-11-19(12-16-22)17-23(27-21(25)18(2)3)14-8-6-7-9-15-23/h5,19H,1-2,6-17H2,3-4H3. The molecule has 4 nitrogen and oxygen atoms in total. The highest BCUT2D eigenvalue weighted by Crippen LogP contribution is 2.42. The van der Waals surface area contributed by atoms with Gasteiger partial charge in [0.2, 0.25) is 0 Å². The quantitative estimate of drug-likeness (QED) is 0.341. The Balaban J connectivity index is 2.06. The van der Waals surface area contributed by atoms with Crippen molar-refractivity contribution in [2.24, 2.45) is 5.92 Å². The third-order valence-corrected chi connectivity index (χ3v) is 6.25. The van der Waals surface area contributed by atoms with Gasteiger partial charge >= 0.3 is 11.9 Å². The van der Waals surface area contributed by atoms with Crippen molar-refractivity contribution in [3.63, 3.8) is 0 Å². The highest BCUT2D eigenvalue weighted by atomic mass is 16.6. The Morgan fingerprint density at radius 3 is 2.26 bits per heavy atom. The van der Waals surface area contributed by atoms with Crippen LogP contribution in [0.3, 0.4) is 0 Å². The predicted molar refractivity (Wildman–Crippen MR) is 107 cm³/mol. The molecule has 4 heteroatoms. The second-order valence-corrected chi connectivity index (χ2v) is 8.84. The number of ether oxygens (including phenoxy) is 2. The van der Waals surface area contributed by atoms with Crippen LogP contribution in [0.2, 0.25) is 0 Å². The van der Waals surface area contributed by atoms with Crippen molar-refractivity contribution < 1.29 is 19.1 Å².